The Balaban J connectivity index is 2.60. The Kier molecular flexibility index (Phi) is 7.55. The first-order valence-electron chi connectivity index (χ1n) is 7.39. The summed E-state index contributed by atoms with van der Waals surface area (Å²) < 4.78 is 0. The monoisotopic (exact) mass is 346 g/mol. The zero-order valence-electron chi connectivity index (χ0n) is 13.0. The molecule has 1 heterocycles. The Morgan fingerprint density at radius 2 is 1.88 bits per heavy atom. The first kappa shape index (κ1) is 19.8. The lowest BCUT2D eigenvalue weighted by Gasteiger charge is -2.25. The van der Waals surface area contributed by atoms with Crippen molar-refractivity contribution in [2.45, 2.75) is 31.0 Å². The van der Waals surface area contributed by atoms with Crippen LogP contribution in [-0.4, -0.2) is 88.3 Å². The molecule has 0 aromatic rings. The van der Waals surface area contributed by atoms with Crippen molar-refractivity contribution in [2.24, 2.45) is 5.73 Å². The average molecular weight is 346 g/mol. The summed E-state index contributed by atoms with van der Waals surface area (Å²) in [4.78, 5) is 47.7. The van der Waals surface area contributed by atoms with Gasteiger partial charge in [0.15, 0.2) is 0 Å². The number of aliphatic hydroxyl groups is 2. The van der Waals surface area contributed by atoms with Crippen LogP contribution in [0.4, 0.5) is 0 Å². The summed E-state index contributed by atoms with van der Waals surface area (Å²) in [5.41, 5.74) is 5.30. The molecule has 1 aliphatic heterocycles. The topological polar surface area (TPSA) is 182 Å². The second-order valence-electron chi connectivity index (χ2n) is 5.33. The molecule has 1 rings (SSSR count). The van der Waals surface area contributed by atoms with Crippen LogP contribution in [0.3, 0.4) is 0 Å². The molecule has 3 atom stereocenters. The molecule has 0 saturated carbocycles. The van der Waals surface area contributed by atoms with E-state index in [1.54, 1.807) is 0 Å². The number of nitrogens with one attached hydrogen (secondary N) is 2. The van der Waals surface area contributed by atoms with Crippen molar-refractivity contribution >= 4 is 23.7 Å². The van der Waals surface area contributed by atoms with E-state index in [2.05, 4.69) is 10.6 Å². The van der Waals surface area contributed by atoms with Crippen LogP contribution in [0.15, 0.2) is 0 Å². The van der Waals surface area contributed by atoms with Crippen molar-refractivity contribution in [2.75, 3.05) is 26.3 Å². The molecule has 0 aromatic carbocycles. The minimum atomic E-state index is -1.45. The Bertz CT molecular complexity index is 499. The van der Waals surface area contributed by atoms with Crippen LogP contribution in [0.1, 0.15) is 12.8 Å². The number of amides is 3. The van der Waals surface area contributed by atoms with Gasteiger partial charge in [-0.3, -0.25) is 14.4 Å². The van der Waals surface area contributed by atoms with Gasteiger partial charge < -0.3 is 36.6 Å². The molecule has 24 heavy (non-hydrogen) atoms. The smallest absolute Gasteiger partial charge is 0.328 e. The van der Waals surface area contributed by atoms with E-state index in [0.717, 1.165) is 0 Å². The van der Waals surface area contributed by atoms with Crippen molar-refractivity contribution < 1.29 is 34.5 Å². The summed E-state index contributed by atoms with van der Waals surface area (Å²) in [7, 11) is 0. The van der Waals surface area contributed by atoms with E-state index in [-0.39, 0.29) is 6.54 Å². The van der Waals surface area contributed by atoms with E-state index >= 15 is 0 Å². The van der Waals surface area contributed by atoms with Crippen molar-refractivity contribution in [3.05, 3.63) is 0 Å². The largest absolute Gasteiger partial charge is 0.480 e. The van der Waals surface area contributed by atoms with E-state index in [0.29, 0.717) is 12.8 Å². The number of hydrogen-bond acceptors (Lipinski definition) is 7. The van der Waals surface area contributed by atoms with Gasteiger partial charge in [0.2, 0.25) is 17.7 Å². The average Bonchev–Trinajstić information content (AvgIpc) is 3.05. The van der Waals surface area contributed by atoms with Crippen molar-refractivity contribution in [1.29, 1.82) is 0 Å². The van der Waals surface area contributed by atoms with Gasteiger partial charge in [-0.05, 0) is 12.8 Å². The molecule has 0 radical (unpaired) electrons. The maximum absolute atomic E-state index is 12.1. The fraction of sp³-hybridized carbons (Fsp3) is 0.692. The minimum Gasteiger partial charge on any atom is -0.480 e. The van der Waals surface area contributed by atoms with Crippen LogP contribution in [0.2, 0.25) is 0 Å². The maximum atomic E-state index is 12.1. The SMILES string of the molecule is NC(CO)C(=O)NCC(=O)N1CCCC1C(=O)NC(CO)C(=O)O. The van der Waals surface area contributed by atoms with Crippen molar-refractivity contribution in [1.82, 2.24) is 15.5 Å². The Hall–Kier alpha value is -2.24. The fourth-order valence-corrected chi connectivity index (χ4v) is 2.27. The lowest BCUT2D eigenvalue weighted by atomic mass is 10.2. The van der Waals surface area contributed by atoms with E-state index in [1.807, 2.05) is 0 Å². The first-order chi connectivity index (χ1) is 11.3. The van der Waals surface area contributed by atoms with Crippen molar-refractivity contribution in [3.8, 4) is 0 Å². The van der Waals surface area contributed by atoms with Gasteiger partial charge in [0.05, 0.1) is 19.8 Å². The van der Waals surface area contributed by atoms with Crippen LogP contribution < -0.4 is 16.4 Å². The van der Waals surface area contributed by atoms with Gasteiger partial charge in [-0.1, -0.05) is 0 Å². The minimum absolute atomic E-state index is 0.287. The second kappa shape index (κ2) is 9.15. The van der Waals surface area contributed by atoms with E-state index < -0.39 is 61.6 Å². The third kappa shape index (κ3) is 5.15. The van der Waals surface area contributed by atoms with Gasteiger partial charge in [-0.2, -0.15) is 0 Å². The number of likely N-dealkylation sites (tertiary alicyclic amines) is 1. The number of hydrogen-bond donors (Lipinski definition) is 6. The van der Waals surface area contributed by atoms with Crippen LogP contribution in [0, 0.1) is 0 Å². The standard InChI is InChI=1S/C13H22N4O7/c14-7(5-18)11(21)15-4-10(20)17-3-1-2-9(17)12(22)16-8(6-19)13(23)24/h7-9,18-19H,1-6,14H2,(H,15,21)(H,16,22)(H,23,24). The summed E-state index contributed by atoms with van der Waals surface area (Å²) in [6, 6.07) is -3.46. The van der Waals surface area contributed by atoms with Crippen LogP contribution in [-0.2, 0) is 19.2 Å². The lowest BCUT2D eigenvalue weighted by Crippen LogP contribution is -2.54. The Labute approximate surface area is 137 Å². The predicted octanol–water partition coefficient (Wildman–Crippen LogP) is -4.03. The van der Waals surface area contributed by atoms with E-state index in [4.69, 9.17) is 21.1 Å². The van der Waals surface area contributed by atoms with Gasteiger partial charge in [0.1, 0.15) is 18.1 Å². The molecule has 1 saturated heterocycles. The molecule has 0 bridgehead atoms. The van der Waals surface area contributed by atoms with E-state index in [9.17, 15) is 19.2 Å². The lowest BCUT2D eigenvalue weighted by molar-refractivity contribution is -0.145. The number of carboxylic acid groups (broad SMARTS) is 1. The van der Waals surface area contributed by atoms with Crippen LogP contribution >= 0.6 is 0 Å². The molecule has 0 spiro atoms. The van der Waals surface area contributed by atoms with Gasteiger partial charge >= 0.3 is 5.97 Å². The second-order valence-corrected chi connectivity index (χ2v) is 5.33. The molecular weight excluding hydrogens is 324 g/mol. The third-order valence-electron chi connectivity index (χ3n) is 3.62. The summed E-state index contributed by atoms with van der Waals surface area (Å²) in [6.45, 7) is -1.43. The van der Waals surface area contributed by atoms with Gasteiger partial charge in [-0.15, -0.1) is 0 Å². The van der Waals surface area contributed by atoms with Gasteiger partial charge in [-0.25, -0.2) is 4.79 Å². The molecule has 7 N–H and O–H groups in total. The summed E-state index contributed by atoms with van der Waals surface area (Å²) in [5.74, 6) is -3.29. The summed E-state index contributed by atoms with van der Waals surface area (Å²) in [6.07, 6.45) is 0.893. The molecule has 136 valence electrons. The summed E-state index contributed by atoms with van der Waals surface area (Å²) >= 11 is 0. The fourth-order valence-electron chi connectivity index (χ4n) is 2.27. The molecule has 3 amide bonds. The van der Waals surface area contributed by atoms with Gasteiger partial charge in [0, 0.05) is 6.54 Å². The number of aliphatic hydroxyl groups excluding tert-OH is 2. The zero-order valence-corrected chi connectivity index (χ0v) is 13.0. The number of nitrogens with zero attached hydrogens (tertiary/aromatic N) is 1. The predicted molar refractivity (Wildman–Crippen MR) is 79.5 cm³/mol. The molecular formula is C13H22N4O7. The zero-order chi connectivity index (χ0) is 18.3. The quantitative estimate of drug-likeness (QED) is 0.257. The molecule has 11 heteroatoms. The number of rotatable bonds is 8. The number of aliphatic carboxylic acids is 1. The van der Waals surface area contributed by atoms with E-state index in [1.165, 1.54) is 4.90 Å². The molecule has 0 aliphatic carbocycles. The molecule has 0 aromatic heterocycles. The third-order valence-corrected chi connectivity index (χ3v) is 3.62. The molecule has 3 unspecified atom stereocenters. The summed E-state index contributed by atoms with van der Waals surface area (Å²) in [5, 5.41) is 30.9. The molecule has 1 aliphatic rings. The highest BCUT2D eigenvalue weighted by Crippen LogP contribution is 2.17. The highest BCUT2D eigenvalue weighted by atomic mass is 16.4. The van der Waals surface area contributed by atoms with Crippen LogP contribution in [0.25, 0.3) is 0 Å². The molecule has 11 nitrogen and oxygen atoms in total. The first-order valence-corrected chi connectivity index (χ1v) is 7.39. The molecule has 1 fully saturated rings. The number of carbonyl (C=O) groups excluding carboxylic acids is 3. The highest BCUT2D eigenvalue weighted by molar-refractivity contribution is 5.93. The normalized spacial score (nSPS) is 19.5. The number of carbonyl (C=O) groups is 4. The number of nitrogens with two attached hydrogens (primary N) is 1. The highest BCUT2D eigenvalue weighted by Gasteiger charge is 2.35. The Morgan fingerprint density at radius 1 is 1.21 bits per heavy atom. The van der Waals surface area contributed by atoms with Gasteiger partial charge in [0.25, 0.3) is 0 Å². The van der Waals surface area contributed by atoms with Crippen molar-refractivity contribution in [3.63, 3.8) is 0 Å². The van der Waals surface area contributed by atoms with Crippen LogP contribution in [0.5, 0.6) is 0 Å². The number of carboxylic acids is 1. The Morgan fingerprint density at radius 3 is 2.42 bits per heavy atom. The maximum Gasteiger partial charge on any atom is 0.328 e.